The van der Waals surface area contributed by atoms with Crippen molar-refractivity contribution < 1.29 is 19.1 Å². The molecule has 0 N–H and O–H groups in total. The van der Waals surface area contributed by atoms with Crippen LogP contribution in [0.2, 0.25) is 0 Å². The fraction of sp³-hybridized carbons (Fsp3) is 0.222. The summed E-state index contributed by atoms with van der Waals surface area (Å²) in [4.78, 5) is 41.3. The Labute approximate surface area is 213 Å². The molecule has 1 saturated heterocycles. The number of alkyl halides is 2. The Kier molecular flexibility index (Phi) is 4.87. The number of imide groups is 1. The molecule has 2 bridgehead atoms. The molecule has 2 atom stereocenters. The Hall–Kier alpha value is -2.77. The molecule has 0 saturated carbocycles. The largest absolute Gasteiger partial charge is 0.459 e. The molecule has 3 aromatic rings. The van der Waals surface area contributed by atoms with E-state index in [1.165, 1.54) is 0 Å². The van der Waals surface area contributed by atoms with Gasteiger partial charge >= 0.3 is 5.97 Å². The van der Waals surface area contributed by atoms with E-state index in [-0.39, 0.29) is 18.4 Å². The Morgan fingerprint density at radius 3 is 1.59 bits per heavy atom. The highest BCUT2D eigenvalue weighted by molar-refractivity contribution is 9.10. The Balaban J connectivity index is 1.38. The van der Waals surface area contributed by atoms with Gasteiger partial charge < -0.3 is 4.74 Å². The van der Waals surface area contributed by atoms with Gasteiger partial charge in [-0.05, 0) is 27.8 Å². The second-order valence-corrected chi connectivity index (χ2v) is 11.4. The van der Waals surface area contributed by atoms with Gasteiger partial charge in [0.2, 0.25) is 11.8 Å². The first-order valence-electron chi connectivity index (χ1n) is 11.0. The molecule has 3 aromatic carbocycles. The first-order chi connectivity index (χ1) is 16.4. The predicted octanol–water partition coefficient (Wildman–Crippen LogP) is 4.64. The van der Waals surface area contributed by atoms with E-state index in [1.807, 2.05) is 78.9 Å². The summed E-state index contributed by atoms with van der Waals surface area (Å²) < 4.78 is 3.64. The van der Waals surface area contributed by atoms with Crippen molar-refractivity contribution in [3.05, 3.63) is 107 Å². The summed E-state index contributed by atoms with van der Waals surface area (Å²) in [5.41, 5.74) is 4.68. The van der Waals surface area contributed by atoms with Crippen molar-refractivity contribution in [3.63, 3.8) is 0 Å². The van der Waals surface area contributed by atoms with Crippen LogP contribution in [0.5, 0.6) is 0 Å². The van der Waals surface area contributed by atoms with Crippen molar-refractivity contribution in [3.8, 4) is 0 Å². The third-order valence-electron chi connectivity index (χ3n) is 7.21. The van der Waals surface area contributed by atoms with Gasteiger partial charge in [-0.25, -0.2) is 0 Å². The monoisotopic (exact) mass is 579 g/mol. The number of benzene rings is 3. The Bertz CT molecular complexity index is 1230. The van der Waals surface area contributed by atoms with Crippen LogP contribution in [0.15, 0.2) is 78.9 Å². The Morgan fingerprint density at radius 1 is 0.735 bits per heavy atom. The lowest BCUT2D eigenvalue weighted by Gasteiger charge is -2.55. The number of likely N-dealkylation sites (tertiary alicyclic amines) is 1. The summed E-state index contributed by atoms with van der Waals surface area (Å²) in [6.45, 7) is -0.319. The lowest BCUT2D eigenvalue weighted by atomic mass is 9.54. The lowest BCUT2D eigenvalue weighted by molar-refractivity contribution is -0.153. The molecule has 0 spiro atoms. The molecule has 1 heterocycles. The van der Waals surface area contributed by atoms with E-state index in [4.69, 9.17) is 4.74 Å². The molecule has 170 valence electrons. The van der Waals surface area contributed by atoms with Crippen molar-refractivity contribution in [1.82, 2.24) is 4.90 Å². The SMILES string of the molecule is O=C(CN1C(=O)[C@H]2[C@H](C1=O)C1(Br)c3ccccc3C2(Br)c2ccccc21)OCc1ccccc1. The first-order valence-corrected chi connectivity index (χ1v) is 12.6. The first kappa shape index (κ1) is 21.7. The van der Waals surface area contributed by atoms with Crippen molar-refractivity contribution in [2.75, 3.05) is 6.54 Å². The third-order valence-corrected chi connectivity index (χ3v) is 9.90. The smallest absolute Gasteiger partial charge is 0.326 e. The molecular formula is C27H19Br2NO4. The standard InChI is InChI=1S/C27H19Br2NO4/c28-26-17-10-4-5-11-18(17)27(29,20-13-7-6-12-19(20)26)23-22(26)24(32)30(25(23)33)14-21(31)34-15-16-8-2-1-3-9-16/h1-13,22-23H,14-15H2/t22-,23-,26?,27?/m1/s1. The summed E-state index contributed by atoms with van der Waals surface area (Å²) >= 11 is 7.90. The predicted molar refractivity (Wildman–Crippen MR) is 132 cm³/mol. The number of hydrogen-bond donors (Lipinski definition) is 0. The van der Waals surface area contributed by atoms with Crippen molar-refractivity contribution in [2.45, 2.75) is 15.3 Å². The maximum atomic E-state index is 13.8. The van der Waals surface area contributed by atoms with Crippen LogP contribution < -0.4 is 0 Å². The summed E-state index contributed by atoms with van der Waals surface area (Å²) in [5.74, 6) is -2.72. The van der Waals surface area contributed by atoms with Gasteiger partial charge in [-0.15, -0.1) is 0 Å². The minimum absolute atomic E-state index is 0.0877. The van der Waals surface area contributed by atoms with Gasteiger partial charge in [0.1, 0.15) is 13.2 Å². The molecule has 34 heavy (non-hydrogen) atoms. The van der Waals surface area contributed by atoms with Crippen LogP contribution in [0.1, 0.15) is 27.8 Å². The van der Waals surface area contributed by atoms with Crippen molar-refractivity contribution >= 4 is 49.6 Å². The average molecular weight is 581 g/mol. The highest BCUT2D eigenvalue weighted by Gasteiger charge is 2.72. The van der Waals surface area contributed by atoms with Crippen LogP contribution in [0.4, 0.5) is 0 Å². The average Bonchev–Trinajstić information content (AvgIpc) is 3.12. The molecule has 0 radical (unpaired) electrons. The van der Waals surface area contributed by atoms with Crippen LogP contribution in [0.25, 0.3) is 0 Å². The van der Waals surface area contributed by atoms with E-state index in [2.05, 4.69) is 31.9 Å². The molecule has 7 rings (SSSR count). The zero-order valence-corrected chi connectivity index (χ0v) is 21.1. The van der Waals surface area contributed by atoms with E-state index < -0.39 is 33.0 Å². The Morgan fingerprint density at radius 2 is 1.15 bits per heavy atom. The molecule has 1 aliphatic heterocycles. The van der Waals surface area contributed by atoms with Gasteiger partial charge in [-0.1, -0.05) is 111 Å². The van der Waals surface area contributed by atoms with Crippen LogP contribution in [-0.2, 0) is 34.4 Å². The molecule has 1 fully saturated rings. The van der Waals surface area contributed by atoms with Crippen LogP contribution in [0, 0.1) is 11.8 Å². The van der Waals surface area contributed by atoms with Gasteiger partial charge in [0.25, 0.3) is 0 Å². The van der Waals surface area contributed by atoms with Crippen LogP contribution >= 0.6 is 31.9 Å². The zero-order valence-electron chi connectivity index (χ0n) is 17.9. The molecule has 0 aromatic heterocycles. The van der Waals surface area contributed by atoms with Crippen LogP contribution in [-0.4, -0.2) is 29.2 Å². The summed E-state index contributed by atoms with van der Waals surface area (Å²) in [6.07, 6.45) is 0. The minimum Gasteiger partial charge on any atom is -0.459 e. The number of rotatable bonds is 4. The van der Waals surface area contributed by atoms with E-state index in [1.54, 1.807) is 0 Å². The minimum atomic E-state index is -0.865. The number of amides is 2. The van der Waals surface area contributed by atoms with Crippen molar-refractivity contribution in [2.24, 2.45) is 11.8 Å². The molecule has 5 nitrogen and oxygen atoms in total. The quantitative estimate of drug-likeness (QED) is 0.256. The summed E-state index contributed by atoms with van der Waals surface area (Å²) in [6, 6.07) is 25.1. The fourth-order valence-electron chi connectivity index (χ4n) is 5.79. The van der Waals surface area contributed by atoms with Gasteiger partial charge in [-0.3, -0.25) is 19.3 Å². The van der Waals surface area contributed by atoms with Crippen LogP contribution in [0.3, 0.4) is 0 Å². The third kappa shape index (κ3) is 2.74. The molecular weight excluding hydrogens is 562 g/mol. The number of carbonyl (C=O) groups is 3. The normalized spacial score (nSPS) is 28.4. The molecule has 2 amide bonds. The van der Waals surface area contributed by atoms with E-state index >= 15 is 0 Å². The number of carbonyl (C=O) groups excluding carboxylic acids is 3. The second-order valence-electron chi connectivity index (χ2n) is 8.88. The maximum absolute atomic E-state index is 13.8. The van der Waals surface area contributed by atoms with E-state index in [0.717, 1.165) is 32.7 Å². The highest BCUT2D eigenvalue weighted by Crippen LogP contribution is 2.70. The number of esters is 1. The summed E-state index contributed by atoms with van der Waals surface area (Å²) in [7, 11) is 0. The lowest BCUT2D eigenvalue weighted by Crippen LogP contribution is -2.56. The molecule has 3 aliphatic carbocycles. The van der Waals surface area contributed by atoms with Gasteiger partial charge in [0, 0.05) is 0 Å². The highest BCUT2D eigenvalue weighted by atomic mass is 79.9. The molecule has 7 heteroatoms. The van der Waals surface area contributed by atoms with E-state index in [9.17, 15) is 14.4 Å². The fourth-order valence-corrected chi connectivity index (χ4v) is 8.10. The second kappa shape index (κ2) is 7.62. The molecule has 0 unspecified atom stereocenters. The number of halogens is 2. The van der Waals surface area contributed by atoms with Gasteiger partial charge in [0.15, 0.2) is 0 Å². The number of hydrogen-bond acceptors (Lipinski definition) is 4. The molecule has 4 aliphatic rings. The van der Waals surface area contributed by atoms with Gasteiger partial charge in [0.05, 0.1) is 20.5 Å². The maximum Gasteiger partial charge on any atom is 0.326 e. The topological polar surface area (TPSA) is 63.7 Å². The van der Waals surface area contributed by atoms with Gasteiger partial charge in [-0.2, -0.15) is 0 Å². The summed E-state index contributed by atoms with van der Waals surface area (Å²) in [5, 5.41) is 0. The van der Waals surface area contributed by atoms with E-state index in [0.29, 0.717) is 0 Å². The number of nitrogens with zero attached hydrogens (tertiary/aromatic N) is 1. The van der Waals surface area contributed by atoms with Crippen molar-refractivity contribution in [1.29, 1.82) is 0 Å². The zero-order chi connectivity index (χ0) is 23.7. The number of ether oxygens (including phenoxy) is 1.